The Kier molecular flexibility index (Phi) is 9.25. The Hall–Kier alpha value is -3.83. The summed E-state index contributed by atoms with van der Waals surface area (Å²) in [5, 5.41) is 24.5. The summed E-state index contributed by atoms with van der Waals surface area (Å²) in [7, 11) is 0. The molecule has 2 amide bonds. The second-order valence-corrected chi connectivity index (χ2v) is 11.6. The highest BCUT2D eigenvalue weighted by Crippen LogP contribution is 2.33. The molecule has 0 bridgehead atoms. The number of carbonyl (C=O) groups excluding carboxylic acids is 1. The minimum Gasteiger partial charge on any atom is -0.508 e. The summed E-state index contributed by atoms with van der Waals surface area (Å²) < 4.78 is 20.2. The van der Waals surface area contributed by atoms with Gasteiger partial charge in [0.1, 0.15) is 22.9 Å². The number of nitrogens with zero attached hydrogens (tertiary/aromatic N) is 2. The van der Waals surface area contributed by atoms with Crippen molar-refractivity contribution in [2.24, 2.45) is 0 Å². The molecule has 216 valence electrons. The molecule has 2 aliphatic rings. The molecule has 1 saturated carbocycles. The van der Waals surface area contributed by atoms with Crippen molar-refractivity contribution in [1.82, 2.24) is 20.5 Å². The minimum absolute atomic E-state index is 0.0148. The Bertz CT molecular complexity index is 1390. The number of benzene rings is 2. The van der Waals surface area contributed by atoms with Gasteiger partial charge in [-0.2, -0.15) is 11.8 Å². The number of phenolic OH excluding ortho intramolecular Hbond substituents is 1. The molecule has 11 heteroatoms. The van der Waals surface area contributed by atoms with E-state index >= 15 is 0 Å². The van der Waals surface area contributed by atoms with E-state index in [2.05, 4.69) is 20.5 Å². The quantitative estimate of drug-likeness (QED) is 0.285. The molecular weight excluding hydrogens is 547 g/mol. The molecular formula is C30H33FN4O5S. The van der Waals surface area contributed by atoms with Crippen LogP contribution in [0.2, 0.25) is 0 Å². The zero-order chi connectivity index (χ0) is 28.8. The predicted molar refractivity (Wildman–Crippen MR) is 155 cm³/mol. The first-order valence-electron chi connectivity index (χ1n) is 13.7. The smallest absolute Gasteiger partial charge is 0.404 e. The van der Waals surface area contributed by atoms with Crippen molar-refractivity contribution in [3.63, 3.8) is 0 Å². The number of hydrogen-bond donors (Lipinski definition) is 4. The molecule has 0 unspecified atom stereocenters. The van der Waals surface area contributed by atoms with Crippen LogP contribution >= 0.6 is 11.8 Å². The number of amides is 2. The first kappa shape index (κ1) is 28.7. The molecule has 4 N–H and O–H groups in total. The topological polar surface area (TPSA) is 124 Å². The van der Waals surface area contributed by atoms with Gasteiger partial charge >= 0.3 is 6.09 Å². The first-order chi connectivity index (χ1) is 19.8. The van der Waals surface area contributed by atoms with Gasteiger partial charge in [0.15, 0.2) is 0 Å². The Labute approximate surface area is 242 Å². The molecule has 0 radical (unpaired) electrons. The lowest BCUT2D eigenvalue weighted by atomic mass is 9.91. The number of hydrogen-bond acceptors (Lipinski definition) is 7. The third-order valence-corrected chi connectivity index (χ3v) is 8.34. The van der Waals surface area contributed by atoms with Crippen molar-refractivity contribution in [1.29, 1.82) is 0 Å². The van der Waals surface area contributed by atoms with Crippen molar-refractivity contribution in [2.45, 2.75) is 44.3 Å². The van der Waals surface area contributed by atoms with E-state index in [0.717, 1.165) is 53.5 Å². The van der Waals surface area contributed by atoms with E-state index < -0.39 is 17.8 Å². The summed E-state index contributed by atoms with van der Waals surface area (Å²) in [6.07, 6.45) is 2.35. The monoisotopic (exact) mass is 580 g/mol. The molecule has 2 fully saturated rings. The van der Waals surface area contributed by atoms with Crippen molar-refractivity contribution >= 4 is 23.8 Å². The minimum atomic E-state index is -1.06. The van der Waals surface area contributed by atoms with Crippen LogP contribution in [0.3, 0.4) is 0 Å². The number of phenols is 1. The number of ether oxygens (including phenoxy) is 1. The molecule has 5 rings (SSSR count). The van der Waals surface area contributed by atoms with Gasteiger partial charge in [-0.05, 0) is 72.7 Å². The van der Waals surface area contributed by atoms with Gasteiger partial charge in [0, 0.05) is 43.2 Å². The number of carbonyl (C=O) groups is 2. The van der Waals surface area contributed by atoms with Crippen LogP contribution in [-0.4, -0.2) is 68.8 Å². The summed E-state index contributed by atoms with van der Waals surface area (Å²) in [6, 6.07) is 13.5. The van der Waals surface area contributed by atoms with Gasteiger partial charge in [-0.1, -0.05) is 18.2 Å². The van der Waals surface area contributed by atoms with Crippen molar-refractivity contribution in [2.75, 3.05) is 24.6 Å². The molecule has 3 aromatic rings. The fourth-order valence-electron chi connectivity index (χ4n) is 5.32. The summed E-state index contributed by atoms with van der Waals surface area (Å²) in [5.41, 5.74) is 2.82. The highest BCUT2D eigenvalue weighted by atomic mass is 32.2. The summed E-state index contributed by atoms with van der Waals surface area (Å²) in [4.78, 5) is 30.5. The van der Waals surface area contributed by atoms with Gasteiger partial charge in [0.05, 0.1) is 6.20 Å². The fraction of sp³-hybridized carbons (Fsp3) is 0.367. The van der Waals surface area contributed by atoms with Gasteiger partial charge in [-0.3, -0.25) is 9.69 Å². The lowest BCUT2D eigenvalue weighted by Gasteiger charge is -2.29. The zero-order valence-electron chi connectivity index (χ0n) is 22.5. The highest BCUT2D eigenvalue weighted by molar-refractivity contribution is 7.99. The second-order valence-electron chi connectivity index (χ2n) is 10.3. The van der Waals surface area contributed by atoms with E-state index in [1.54, 1.807) is 18.2 Å². The molecule has 2 aromatic carbocycles. The maximum atomic E-state index is 14.2. The van der Waals surface area contributed by atoms with Gasteiger partial charge in [-0.15, -0.1) is 0 Å². The number of aromatic nitrogens is 1. The van der Waals surface area contributed by atoms with Gasteiger partial charge in [-0.25, -0.2) is 14.2 Å². The average molecular weight is 581 g/mol. The maximum absolute atomic E-state index is 14.2. The number of rotatable bonds is 8. The largest absolute Gasteiger partial charge is 0.508 e. The summed E-state index contributed by atoms with van der Waals surface area (Å²) >= 11 is 1.94. The predicted octanol–water partition coefficient (Wildman–Crippen LogP) is 5.24. The van der Waals surface area contributed by atoms with Crippen molar-refractivity contribution in [3.05, 3.63) is 71.7 Å². The average Bonchev–Trinajstić information content (AvgIpc) is 2.95. The highest BCUT2D eigenvalue weighted by Gasteiger charge is 2.25. The molecule has 2 heterocycles. The Morgan fingerprint density at radius 2 is 1.76 bits per heavy atom. The molecule has 1 aliphatic heterocycles. The molecule has 1 saturated heterocycles. The molecule has 41 heavy (non-hydrogen) atoms. The number of aromatic hydroxyl groups is 1. The van der Waals surface area contributed by atoms with Crippen LogP contribution in [0.1, 0.15) is 41.6 Å². The molecule has 0 atom stereocenters. The number of nitrogens with one attached hydrogen (secondary N) is 2. The van der Waals surface area contributed by atoms with E-state index in [-0.39, 0.29) is 29.3 Å². The third-order valence-electron chi connectivity index (χ3n) is 7.40. The molecule has 1 aromatic heterocycles. The van der Waals surface area contributed by atoms with E-state index in [0.29, 0.717) is 38.0 Å². The Morgan fingerprint density at radius 3 is 2.49 bits per heavy atom. The SMILES string of the molecule is O=C(O)NC1CCC(NC(=O)c2cc(F)cnc2Oc2cccc(-c3ccc(O)cc3CN3CCSCC3)c2)CC1. The lowest BCUT2D eigenvalue weighted by molar-refractivity contribution is 0.0919. The van der Waals surface area contributed by atoms with E-state index in [9.17, 15) is 19.1 Å². The van der Waals surface area contributed by atoms with Gasteiger partial charge in [0.2, 0.25) is 5.88 Å². The Morgan fingerprint density at radius 1 is 1.02 bits per heavy atom. The number of carboxylic acid groups (broad SMARTS) is 1. The number of halogens is 1. The number of pyridine rings is 1. The van der Waals surface area contributed by atoms with Gasteiger partial charge < -0.3 is 25.6 Å². The van der Waals surface area contributed by atoms with Crippen LogP contribution in [0, 0.1) is 5.82 Å². The third kappa shape index (κ3) is 7.68. The lowest BCUT2D eigenvalue weighted by Crippen LogP contribution is -2.43. The van der Waals surface area contributed by atoms with E-state index in [1.165, 1.54) is 0 Å². The molecule has 9 nitrogen and oxygen atoms in total. The maximum Gasteiger partial charge on any atom is 0.404 e. The normalized spacial score (nSPS) is 19.3. The standard InChI is InChI=1S/C30H33FN4O5S/c31-21-16-27(28(37)33-22-4-6-23(7-5-22)34-30(38)39)29(32-17-21)40-25-3-1-2-19(15-25)26-9-8-24(36)14-20(26)18-35-10-12-41-13-11-35/h1-3,8-9,14-17,22-23,34,36H,4-7,10-13,18H2,(H,33,37)(H,38,39). The van der Waals surface area contributed by atoms with Crippen LogP contribution in [0.5, 0.6) is 17.4 Å². The van der Waals surface area contributed by atoms with Crippen LogP contribution in [0.4, 0.5) is 9.18 Å². The Balaban J connectivity index is 1.32. The van der Waals surface area contributed by atoms with Crippen LogP contribution in [-0.2, 0) is 6.54 Å². The molecule has 0 spiro atoms. The summed E-state index contributed by atoms with van der Waals surface area (Å²) in [6.45, 7) is 2.70. The van der Waals surface area contributed by atoms with Crippen LogP contribution in [0.15, 0.2) is 54.7 Å². The van der Waals surface area contributed by atoms with Crippen molar-refractivity contribution < 1.29 is 28.9 Å². The molecule has 1 aliphatic carbocycles. The fourth-order valence-corrected chi connectivity index (χ4v) is 6.30. The van der Waals surface area contributed by atoms with Gasteiger partial charge in [0.25, 0.3) is 5.91 Å². The zero-order valence-corrected chi connectivity index (χ0v) is 23.3. The van der Waals surface area contributed by atoms with Crippen LogP contribution in [0.25, 0.3) is 11.1 Å². The second kappa shape index (κ2) is 13.2. The number of thioether (sulfide) groups is 1. The van der Waals surface area contributed by atoms with E-state index in [1.807, 2.05) is 36.0 Å². The van der Waals surface area contributed by atoms with Crippen molar-refractivity contribution in [3.8, 4) is 28.5 Å². The summed E-state index contributed by atoms with van der Waals surface area (Å²) in [5.74, 6) is 1.64. The van der Waals surface area contributed by atoms with E-state index in [4.69, 9.17) is 9.84 Å². The first-order valence-corrected chi connectivity index (χ1v) is 14.9. The van der Waals surface area contributed by atoms with Crippen LogP contribution < -0.4 is 15.4 Å².